The summed E-state index contributed by atoms with van der Waals surface area (Å²) in [5, 5.41) is 3.66. The minimum Gasteiger partial charge on any atom is -0.308 e. The summed E-state index contributed by atoms with van der Waals surface area (Å²) in [6.45, 7) is 1.02. The van der Waals surface area contributed by atoms with Gasteiger partial charge in [-0.2, -0.15) is 0 Å². The fraction of sp³-hybridized carbons (Fsp3) is 0.400. The maximum atomic E-state index is 4.56. The van der Waals surface area contributed by atoms with E-state index >= 15 is 0 Å². The first-order chi connectivity index (χ1) is 9.33. The van der Waals surface area contributed by atoms with Crippen molar-refractivity contribution in [3.63, 3.8) is 0 Å². The monoisotopic (exact) mass is 336 g/mol. The van der Waals surface area contributed by atoms with Crippen LogP contribution in [0, 0.1) is 0 Å². The van der Waals surface area contributed by atoms with Crippen LogP contribution in [0.25, 0.3) is 0 Å². The number of aryl methyl sites for hydroxylation is 1. The first kappa shape index (κ1) is 13.3. The molecule has 0 amide bonds. The average molecular weight is 337 g/mol. The minimum atomic E-state index is 0.438. The molecule has 2 heterocycles. The lowest BCUT2D eigenvalue weighted by Gasteiger charge is -2.25. The van der Waals surface area contributed by atoms with Gasteiger partial charge >= 0.3 is 0 Å². The highest BCUT2D eigenvalue weighted by Gasteiger charge is 2.20. The molecule has 0 aromatic carbocycles. The Morgan fingerprint density at radius 3 is 3.16 bits per heavy atom. The molecule has 1 N–H and O–H groups in total. The van der Waals surface area contributed by atoms with E-state index in [0.29, 0.717) is 6.04 Å². The lowest BCUT2D eigenvalue weighted by Crippen LogP contribution is -2.27. The van der Waals surface area contributed by atoms with E-state index in [0.717, 1.165) is 13.0 Å². The molecule has 2 aromatic heterocycles. The maximum Gasteiger partial charge on any atom is 0.0701 e. The Kier molecular flexibility index (Phi) is 4.31. The van der Waals surface area contributed by atoms with Crippen LogP contribution in [0.1, 0.15) is 35.0 Å². The topological polar surface area (TPSA) is 24.9 Å². The third-order valence-corrected chi connectivity index (χ3v) is 5.27. The molecule has 19 heavy (non-hydrogen) atoms. The molecule has 1 atom stereocenters. The van der Waals surface area contributed by atoms with Gasteiger partial charge in [0.1, 0.15) is 0 Å². The Morgan fingerprint density at radius 2 is 2.32 bits per heavy atom. The summed E-state index contributed by atoms with van der Waals surface area (Å²) in [6.07, 6.45) is 6.66. The molecule has 0 radical (unpaired) electrons. The number of hydrogen-bond acceptors (Lipinski definition) is 3. The van der Waals surface area contributed by atoms with Crippen molar-refractivity contribution in [1.82, 2.24) is 10.3 Å². The first-order valence-electron chi connectivity index (χ1n) is 6.74. The van der Waals surface area contributed by atoms with Gasteiger partial charge in [0.25, 0.3) is 0 Å². The van der Waals surface area contributed by atoms with Crippen LogP contribution in [0.4, 0.5) is 0 Å². The highest BCUT2D eigenvalue weighted by atomic mass is 79.9. The van der Waals surface area contributed by atoms with Crippen molar-refractivity contribution in [1.29, 1.82) is 0 Å². The van der Waals surface area contributed by atoms with Crippen LogP contribution in [-0.4, -0.2) is 11.5 Å². The molecular weight excluding hydrogens is 320 g/mol. The lowest BCUT2D eigenvalue weighted by molar-refractivity contribution is 0.452. The Bertz CT molecular complexity index is 553. The van der Waals surface area contributed by atoms with Crippen LogP contribution in [0.2, 0.25) is 0 Å². The third-order valence-electron chi connectivity index (χ3n) is 3.59. The van der Waals surface area contributed by atoms with Gasteiger partial charge in [-0.3, -0.25) is 4.98 Å². The van der Waals surface area contributed by atoms with E-state index in [4.69, 9.17) is 0 Å². The molecule has 0 spiro atoms. The van der Waals surface area contributed by atoms with Crippen LogP contribution >= 0.6 is 27.3 Å². The molecule has 1 aliphatic carbocycles. The Labute approximate surface area is 126 Å². The molecule has 2 nitrogen and oxygen atoms in total. The van der Waals surface area contributed by atoms with Gasteiger partial charge in [0.05, 0.1) is 9.48 Å². The van der Waals surface area contributed by atoms with Gasteiger partial charge in [-0.05, 0) is 65.4 Å². The smallest absolute Gasteiger partial charge is 0.0701 e. The fourth-order valence-electron chi connectivity index (χ4n) is 2.66. The number of fused-ring (bicyclic) bond motifs is 1. The first-order valence-corrected chi connectivity index (χ1v) is 8.35. The van der Waals surface area contributed by atoms with Crippen molar-refractivity contribution in [2.45, 2.75) is 31.7 Å². The summed E-state index contributed by atoms with van der Waals surface area (Å²) in [5.41, 5.74) is 2.69. The summed E-state index contributed by atoms with van der Waals surface area (Å²) in [5.74, 6) is 0. The zero-order valence-corrected chi connectivity index (χ0v) is 13.1. The van der Waals surface area contributed by atoms with Crippen LogP contribution in [0.3, 0.4) is 0 Å². The fourth-order valence-corrected chi connectivity index (χ4v) is 4.15. The zero-order chi connectivity index (χ0) is 13.1. The molecule has 0 fully saturated rings. The molecule has 0 saturated heterocycles. The van der Waals surface area contributed by atoms with Crippen LogP contribution < -0.4 is 5.32 Å². The van der Waals surface area contributed by atoms with E-state index in [1.54, 1.807) is 0 Å². The normalized spacial score (nSPS) is 18.3. The summed E-state index contributed by atoms with van der Waals surface area (Å²) in [4.78, 5) is 5.99. The number of thiophene rings is 1. The quantitative estimate of drug-likeness (QED) is 0.908. The van der Waals surface area contributed by atoms with Crippen molar-refractivity contribution in [3.05, 3.63) is 50.4 Å². The van der Waals surface area contributed by atoms with E-state index < -0.39 is 0 Å². The van der Waals surface area contributed by atoms with Gasteiger partial charge < -0.3 is 5.32 Å². The SMILES string of the molecule is Brc1ccc(CCNC2CCCc3cccnc32)s1. The molecule has 1 unspecified atom stereocenters. The minimum absolute atomic E-state index is 0.438. The van der Waals surface area contributed by atoms with E-state index in [2.05, 4.69) is 44.4 Å². The van der Waals surface area contributed by atoms with Crippen LogP contribution in [-0.2, 0) is 12.8 Å². The number of hydrogen-bond donors (Lipinski definition) is 1. The van der Waals surface area contributed by atoms with E-state index in [1.807, 2.05) is 23.6 Å². The summed E-state index contributed by atoms with van der Waals surface area (Å²) in [6, 6.07) is 9.02. The highest BCUT2D eigenvalue weighted by Crippen LogP contribution is 2.28. The number of aromatic nitrogens is 1. The predicted molar refractivity (Wildman–Crippen MR) is 83.6 cm³/mol. The van der Waals surface area contributed by atoms with Crippen LogP contribution in [0.15, 0.2) is 34.2 Å². The molecule has 0 aliphatic heterocycles. The Hall–Kier alpha value is -0.710. The van der Waals surface area contributed by atoms with Crippen LogP contribution in [0.5, 0.6) is 0 Å². The molecule has 4 heteroatoms. The van der Waals surface area contributed by atoms with E-state index in [9.17, 15) is 0 Å². The van der Waals surface area contributed by atoms with Gasteiger partial charge in [-0.15, -0.1) is 11.3 Å². The molecule has 100 valence electrons. The van der Waals surface area contributed by atoms with E-state index in [1.165, 1.54) is 39.2 Å². The summed E-state index contributed by atoms with van der Waals surface area (Å²) in [7, 11) is 0. The molecule has 1 aliphatic rings. The second kappa shape index (κ2) is 6.16. The molecule has 3 rings (SSSR count). The molecule has 0 bridgehead atoms. The lowest BCUT2D eigenvalue weighted by atomic mass is 9.92. The summed E-state index contributed by atoms with van der Waals surface area (Å²) < 4.78 is 1.21. The average Bonchev–Trinajstić information content (AvgIpc) is 2.85. The van der Waals surface area contributed by atoms with E-state index in [-0.39, 0.29) is 0 Å². The van der Waals surface area contributed by atoms with Gasteiger partial charge in [0, 0.05) is 23.7 Å². The molecular formula is C15H17BrN2S. The van der Waals surface area contributed by atoms with Crippen molar-refractivity contribution in [2.24, 2.45) is 0 Å². The highest BCUT2D eigenvalue weighted by molar-refractivity contribution is 9.11. The number of pyridine rings is 1. The van der Waals surface area contributed by atoms with Gasteiger partial charge in [0.2, 0.25) is 0 Å². The number of halogens is 1. The number of rotatable bonds is 4. The largest absolute Gasteiger partial charge is 0.308 e. The van der Waals surface area contributed by atoms with Gasteiger partial charge in [-0.25, -0.2) is 0 Å². The second-order valence-corrected chi connectivity index (χ2v) is 7.45. The third kappa shape index (κ3) is 3.25. The number of nitrogens with one attached hydrogen (secondary N) is 1. The second-order valence-electron chi connectivity index (χ2n) is 4.90. The van der Waals surface area contributed by atoms with Crippen molar-refractivity contribution < 1.29 is 0 Å². The van der Waals surface area contributed by atoms with Crippen molar-refractivity contribution >= 4 is 27.3 Å². The Balaban J connectivity index is 1.59. The molecule has 2 aromatic rings. The van der Waals surface area contributed by atoms with Crippen molar-refractivity contribution in [2.75, 3.05) is 6.54 Å². The van der Waals surface area contributed by atoms with Gasteiger partial charge in [0.15, 0.2) is 0 Å². The zero-order valence-electron chi connectivity index (χ0n) is 10.7. The van der Waals surface area contributed by atoms with Crippen molar-refractivity contribution in [3.8, 4) is 0 Å². The maximum absolute atomic E-state index is 4.56. The Morgan fingerprint density at radius 1 is 1.37 bits per heavy atom. The standard InChI is InChI=1S/C15H17BrN2S/c16-14-7-6-12(19-14)8-10-17-13-5-1-3-11-4-2-9-18-15(11)13/h2,4,6-7,9,13,17H,1,3,5,8,10H2. The molecule has 0 saturated carbocycles. The summed E-state index contributed by atoms with van der Waals surface area (Å²) >= 11 is 5.33. The van der Waals surface area contributed by atoms with Gasteiger partial charge in [-0.1, -0.05) is 6.07 Å². The number of nitrogens with zero attached hydrogens (tertiary/aromatic N) is 1. The predicted octanol–water partition coefficient (Wildman–Crippen LogP) is 4.12.